The number of nitrogen functional groups attached to an aromatic ring is 1. The molecule has 0 saturated carbocycles. The molecule has 0 aliphatic rings. The first-order chi connectivity index (χ1) is 8.08. The van der Waals surface area contributed by atoms with Gasteiger partial charge in [-0.3, -0.25) is 0 Å². The van der Waals surface area contributed by atoms with Crippen LogP contribution < -0.4 is 11.1 Å². The maximum atomic E-state index is 10.9. The average Bonchev–Trinajstić information content (AvgIpc) is 2.30. The van der Waals surface area contributed by atoms with Crippen LogP contribution in [0, 0.1) is 0 Å². The fraction of sp³-hybridized carbons (Fsp3) is 0.417. The molecule has 1 rings (SSSR count). The van der Waals surface area contributed by atoms with Crippen LogP contribution in [0.1, 0.15) is 23.7 Å². The Labute approximate surface area is 106 Å². The van der Waals surface area contributed by atoms with E-state index in [1.165, 1.54) is 6.07 Å². The monoisotopic (exact) mass is 254 g/mol. The third kappa shape index (κ3) is 3.85. The quantitative estimate of drug-likeness (QED) is 0.680. The van der Waals surface area contributed by atoms with Gasteiger partial charge >= 0.3 is 5.97 Å². The lowest BCUT2D eigenvalue weighted by molar-refractivity contribution is 0.0697. The van der Waals surface area contributed by atoms with Gasteiger partial charge in [0.2, 0.25) is 0 Å². The summed E-state index contributed by atoms with van der Waals surface area (Å²) in [5.41, 5.74) is 7.36. The summed E-state index contributed by atoms with van der Waals surface area (Å²) in [6.07, 6.45) is 3.01. The van der Waals surface area contributed by atoms with Crippen LogP contribution in [-0.2, 0) is 0 Å². The Hall–Kier alpha value is -1.36. The molecule has 0 bridgehead atoms. The minimum Gasteiger partial charge on any atom is -0.478 e. The van der Waals surface area contributed by atoms with E-state index < -0.39 is 5.97 Å². The highest BCUT2D eigenvalue weighted by Gasteiger charge is 2.10. The molecule has 1 atom stereocenters. The van der Waals surface area contributed by atoms with Gasteiger partial charge < -0.3 is 16.2 Å². The molecule has 4 nitrogen and oxygen atoms in total. The summed E-state index contributed by atoms with van der Waals surface area (Å²) < 4.78 is 0. The molecule has 0 fully saturated rings. The van der Waals surface area contributed by atoms with Gasteiger partial charge in [-0.05, 0) is 30.9 Å². The van der Waals surface area contributed by atoms with Crippen LogP contribution in [0.25, 0.3) is 0 Å². The van der Waals surface area contributed by atoms with Gasteiger partial charge in [0.05, 0.1) is 16.9 Å². The van der Waals surface area contributed by atoms with Gasteiger partial charge in [0.25, 0.3) is 0 Å². The molecule has 0 saturated heterocycles. The van der Waals surface area contributed by atoms with Crippen LogP contribution in [0.15, 0.2) is 18.2 Å². The number of aromatic carboxylic acids is 1. The van der Waals surface area contributed by atoms with Gasteiger partial charge in [0.1, 0.15) is 0 Å². The number of nitrogens with one attached hydrogen (secondary N) is 1. The van der Waals surface area contributed by atoms with Crippen LogP contribution in [0.2, 0.25) is 0 Å². The summed E-state index contributed by atoms with van der Waals surface area (Å²) in [5, 5.41) is 12.2. The van der Waals surface area contributed by atoms with Crippen molar-refractivity contribution >= 4 is 29.1 Å². The normalized spacial score (nSPS) is 12.1. The number of rotatable bonds is 6. The Morgan fingerprint density at radius 3 is 2.82 bits per heavy atom. The van der Waals surface area contributed by atoms with Gasteiger partial charge in [-0.1, -0.05) is 6.92 Å². The Kier molecular flexibility index (Phi) is 5.15. The average molecular weight is 254 g/mol. The number of benzene rings is 1. The molecule has 1 aromatic rings. The third-order valence-corrected chi connectivity index (χ3v) is 3.26. The Bertz CT molecular complexity index is 396. The fourth-order valence-corrected chi connectivity index (χ4v) is 2.22. The molecule has 0 aliphatic carbocycles. The summed E-state index contributed by atoms with van der Waals surface area (Å²) in [5.74, 6) is 0.0266. The van der Waals surface area contributed by atoms with E-state index in [0.29, 0.717) is 17.4 Å². The van der Waals surface area contributed by atoms with Crippen molar-refractivity contribution in [1.29, 1.82) is 0 Å². The molecule has 1 unspecified atom stereocenters. The van der Waals surface area contributed by atoms with Crippen molar-refractivity contribution < 1.29 is 9.90 Å². The van der Waals surface area contributed by atoms with Gasteiger partial charge in [-0.15, -0.1) is 0 Å². The molecule has 17 heavy (non-hydrogen) atoms. The number of anilines is 2. The maximum absolute atomic E-state index is 10.9. The number of carbonyl (C=O) groups is 1. The lowest BCUT2D eigenvalue weighted by Gasteiger charge is -2.18. The van der Waals surface area contributed by atoms with Crippen molar-refractivity contribution in [3.05, 3.63) is 23.8 Å². The second-order valence-electron chi connectivity index (χ2n) is 3.81. The van der Waals surface area contributed by atoms with Gasteiger partial charge in [-0.2, -0.15) is 11.8 Å². The Morgan fingerprint density at radius 1 is 1.59 bits per heavy atom. The first-order valence-corrected chi connectivity index (χ1v) is 6.86. The largest absolute Gasteiger partial charge is 0.478 e. The lowest BCUT2D eigenvalue weighted by Crippen LogP contribution is -2.22. The molecule has 0 radical (unpaired) electrons. The molecule has 0 aliphatic heterocycles. The maximum Gasteiger partial charge on any atom is 0.335 e. The zero-order chi connectivity index (χ0) is 12.8. The standard InChI is InChI=1S/C12H18N2O2S/c1-3-9(7-17-2)14-11-6-8(12(15)16)4-5-10(11)13/h4-6,9,14H,3,7,13H2,1-2H3,(H,15,16). The molecule has 1 aromatic carbocycles. The highest BCUT2D eigenvalue weighted by molar-refractivity contribution is 7.98. The number of carboxylic acid groups (broad SMARTS) is 1. The molecule has 0 spiro atoms. The predicted molar refractivity (Wildman–Crippen MR) is 73.9 cm³/mol. The van der Waals surface area contributed by atoms with Crippen LogP contribution in [0.3, 0.4) is 0 Å². The topological polar surface area (TPSA) is 75.3 Å². The SMILES string of the molecule is CCC(CSC)Nc1cc(C(=O)O)ccc1N. The summed E-state index contributed by atoms with van der Waals surface area (Å²) >= 11 is 1.75. The van der Waals surface area contributed by atoms with Gasteiger partial charge in [-0.25, -0.2) is 4.79 Å². The highest BCUT2D eigenvalue weighted by Crippen LogP contribution is 2.22. The highest BCUT2D eigenvalue weighted by atomic mass is 32.2. The summed E-state index contributed by atoms with van der Waals surface area (Å²) in [7, 11) is 0. The van der Waals surface area contributed by atoms with Crippen LogP contribution in [0.4, 0.5) is 11.4 Å². The van der Waals surface area contributed by atoms with Gasteiger partial charge in [0.15, 0.2) is 0 Å². The second-order valence-corrected chi connectivity index (χ2v) is 4.72. The molecule has 0 aromatic heterocycles. The Morgan fingerprint density at radius 2 is 2.29 bits per heavy atom. The first kappa shape index (κ1) is 13.7. The smallest absolute Gasteiger partial charge is 0.335 e. The van der Waals surface area contributed by atoms with Gasteiger partial charge in [0, 0.05) is 11.8 Å². The van der Waals surface area contributed by atoms with E-state index in [0.717, 1.165) is 12.2 Å². The zero-order valence-corrected chi connectivity index (χ0v) is 10.9. The van der Waals surface area contributed by atoms with Crippen molar-refractivity contribution in [3.63, 3.8) is 0 Å². The Balaban J connectivity index is 2.88. The molecule has 5 heteroatoms. The van der Waals surface area contributed by atoms with Crippen molar-refractivity contribution in [2.75, 3.05) is 23.1 Å². The van der Waals surface area contributed by atoms with E-state index in [9.17, 15) is 4.79 Å². The zero-order valence-electron chi connectivity index (χ0n) is 10.1. The predicted octanol–water partition coefficient (Wildman–Crippen LogP) is 2.52. The first-order valence-electron chi connectivity index (χ1n) is 5.46. The molecule has 94 valence electrons. The van der Waals surface area contributed by atoms with Crippen LogP contribution >= 0.6 is 11.8 Å². The number of nitrogens with two attached hydrogens (primary N) is 1. The van der Waals surface area contributed by atoms with E-state index in [1.807, 2.05) is 6.26 Å². The molecular weight excluding hydrogens is 236 g/mol. The second kappa shape index (κ2) is 6.39. The van der Waals surface area contributed by atoms with Crippen molar-refractivity contribution in [2.45, 2.75) is 19.4 Å². The minimum atomic E-state index is -0.939. The van der Waals surface area contributed by atoms with Crippen molar-refractivity contribution in [2.24, 2.45) is 0 Å². The molecule has 4 N–H and O–H groups in total. The fourth-order valence-electron chi connectivity index (χ4n) is 1.50. The summed E-state index contributed by atoms with van der Waals surface area (Å²) in [6, 6.07) is 5.02. The summed E-state index contributed by atoms with van der Waals surface area (Å²) in [4.78, 5) is 10.9. The lowest BCUT2D eigenvalue weighted by atomic mass is 10.1. The van der Waals surface area contributed by atoms with E-state index in [1.54, 1.807) is 23.9 Å². The van der Waals surface area contributed by atoms with E-state index in [4.69, 9.17) is 10.8 Å². The van der Waals surface area contributed by atoms with E-state index >= 15 is 0 Å². The van der Waals surface area contributed by atoms with E-state index in [2.05, 4.69) is 12.2 Å². The number of carboxylic acids is 1. The van der Waals surface area contributed by atoms with Crippen LogP contribution in [-0.4, -0.2) is 29.1 Å². The number of hydrogen-bond acceptors (Lipinski definition) is 4. The minimum absolute atomic E-state index is 0.251. The molecular formula is C12H18N2O2S. The number of hydrogen-bond donors (Lipinski definition) is 3. The molecule has 0 heterocycles. The van der Waals surface area contributed by atoms with E-state index in [-0.39, 0.29) is 5.56 Å². The van der Waals surface area contributed by atoms with Crippen molar-refractivity contribution in [3.8, 4) is 0 Å². The van der Waals surface area contributed by atoms with Crippen molar-refractivity contribution in [1.82, 2.24) is 0 Å². The number of thioether (sulfide) groups is 1. The van der Waals surface area contributed by atoms with Crippen LogP contribution in [0.5, 0.6) is 0 Å². The molecule has 0 amide bonds. The third-order valence-electron chi connectivity index (χ3n) is 2.52. The summed E-state index contributed by atoms with van der Waals surface area (Å²) in [6.45, 7) is 2.09.